The van der Waals surface area contributed by atoms with Gasteiger partial charge in [0.15, 0.2) is 6.29 Å². The third kappa shape index (κ3) is 10.9. The Morgan fingerprint density at radius 1 is 1.18 bits per heavy atom. The molecule has 1 saturated heterocycles. The fraction of sp³-hybridized carbons (Fsp3) is 0.800. The zero-order chi connectivity index (χ0) is 15.9. The van der Waals surface area contributed by atoms with Crippen molar-refractivity contribution in [2.45, 2.75) is 96.9 Å². The van der Waals surface area contributed by atoms with Crippen LogP contribution in [0.25, 0.3) is 0 Å². The fourth-order valence-corrected chi connectivity index (χ4v) is 2.55. The second-order valence-corrected chi connectivity index (χ2v) is 6.16. The van der Waals surface area contributed by atoms with E-state index in [0.717, 1.165) is 32.3 Å². The van der Waals surface area contributed by atoms with Crippen molar-refractivity contribution >= 4 is 0 Å². The molecule has 1 aliphatic heterocycles. The molecule has 2 heteroatoms. The molecule has 0 aromatic heterocycles. The summed E-state index contributed by atoms with van der Waals surface area (Å²) in [5.41, 5.74) is 0. The van der Waals surface area contributed by atoms with Gasteiger partial charge in [0.1, 0.15) is 0 Å². The van der Waals surface area contributed by atoms with Gasteiger partial charge in [-0.05, 0) is 45.4 Å². The Labute approximate surface area is 137 Å². The molecule has 0 aliphatic carbocycles. The van der Waals surface area contributed by atoms with Crippen LogP contribution in [-0.2, 0) is 9.47 Å². The standard InChI is InChI=1S/C20H34O2/c1-3-4-5-6-7-8-9-10-11-12-13-16-19(2)22-20-17-14-15-18-21-20/h5-6,19-20H,3-4,7,10-18H2,1-2H3/b6-5-. The van der Waals surface area contributed by atoms with Crippen LogP contribution in [0.3, 0.4) is 0 Å². The summed E-state index contributed by atoms with van der Waals surface area (Å²) in [4.78, 5) is 0. The summed E-state index contributed by atoms with van der Waals surface area (Å²) in [7, 11) is 0. The largest absolute Gasteiger partial charge is 0.353 e. The number of hydrogen-bond acceptors (Lipinski definition) is 2. The molecule has 2 unspecified atom stereocenters. The Morgan fingerprint density at radius 2 is 2.09 bits per heavy atom. The first-order valence-corrected chi connectivity index (χ1v) is 9.20. The normalized spacial score (nSPS) is 19.8. The first-order valence-electron chi connectivity index (χ1n) is 9.20. The molecule has 1 heterocycles. The predicted octanol–water partition coefficient (Wildman–Crippen LogP) is 5.62. The van der Waals surface area contributed by atoms with E-state index in [0.29, 0.717) is 6.10 Å². The third-order valence-electron chi connectivity index (χ3n) is 3.90. The highest BCUT2D eigenvalue weighted by atomic mass is 16.7. The molecule has 1 rings (SSSR count). The highest BCUT2D eigenvalue weighted by molar-refractivity contribution is 5.04. The Kier molecular flexibility index (Phi) is 12.1. The van der Waals surface area contributed by atoms with Crippen molar-refractivity contribution in [1.29, 1.82) is 0 Å². The Hall–Kier alpha value is -0.780. The quantitative estimate of drug-likeness (QED) is 0.296. The van der Waals surface area contributed by atoms with Crippen LogP contribution in [0.15, 0.2) is 12.2 Å². The van der Waals surface area contributed by atoms with Gasteiger partial charge in [-0.15, -0.1) is 5.92 Å². The van der Waals surface area contributed by atoms with Gasteiger partial charge in [0.25, 0.3) is 0 Å². The second-order valence-electron chi connectivity index (χ2n) is 6.16. The molecular formula is C20H34O2. The van der Waals surface area contributed by atoms with Gasteiger partial charge in [-0.25, -0.2) is 0 Å². The van der Waals surface area contributed by atoms with E-state index in [-0.39, 0.29) is 6.29 Å². The Morgan fingerprint density at radius 3 is 2.86 bits per heavy atom. The Bertz CT molecular complexity index is 331. The van der Waals surface area contributed by atoms with Gasteiger partial charge in [0.05, 0.1) is 6.10 Å². The maximum atomic E-state index is 5.93. The molecule has 0 radical (unpaired) electrons. The smallest absolute Gasteiger partial charge is 0.157 e. The van der Waals surface area contributed by atoms with Crippen LogP contribution < -0.4 is 0 Å². The van der Waals surface area contributed by atoms with E-state index in [4.69, 9.17) is 9.47 Å². The first-order chi connectivity index (χ1) is 10.8. The summed E-state index contributed by atoms with van der Waals surface area (Å²) in [6.07, 6.45) is 17.4. The molecule has 2 atom stereocenters. The second kappa shape index (κ2) is 13.9. The molecule has 0 spiro atoms. The maximum absolute atomic E-state index is 5.93. The van der Waals surface area contributed by atoms with E-state index >= 15 is 0 Å². The zero-order valence-corrected chi connectivity index (χ0v) is 14.6. The Balaban J connectivity index is 1.91. The van der Waals surface area contributed by atoms with Crippen LogP contribution in [-0.4, -0.2) is 19.0 Å². The van der Waals surface area contributed by atoms with Crippen LogP contribution >= 0.6 is 0 Å². The monoisotopic (exact) mass is 306 g/mol. The number of allylic oxidation sites excluding steroid dienone is 2. The van der Waals surface area contributed by atoms with E-state index in [9.17, 15) is 0 Å². The lowest BCUT2D eigenvalue weighted by Crippen LogP contribution is -2.26. The molecule has 0 saturated carbocycles. The fourth-order valence-electron chi connectivity index (χ4n) is 2.55. The number of rotatable bonds is 10. The minimum Gasteiger partial charge on any atom is -0.353 e. The zero-order valence-electron chi connectivity index (χ0n) is 14.6. The van der Waals surface area contributed by atoms with E-state index in [1.807, 2.05) is 0 Å². The number of ether oxygens (including phenoxy) is 2. The van der Waals surface area contributed by atoms with Crippen molar-refractivity contribution in [3.63, 3.8) is 0 Å². The molecule has 1 fully saturated rings. The molecular weight excluding hydrogens is 272 g/mol. The SMILES string of the molecule is CCC/C=C\CC#CCCCCCC(C)OC1CCCCO1. The average molecular weight is 306 g/mol. The van der Waals surface area contributed by atoms with Gasteiger partial charge in [-0.3, -0.25) is 0 Å². The first kappa shape index (κ1) is 19.3. The summed E-state index contributed by atoms with van der Waals surface area (Å²) in [5.74, 6) is 6.48. The molecule has 0 amide bonds. The van der Waals surface area contributed by atoms with E-state index in [1.54, 1.807) is 0 Å². The molecule has 22 heavy (non-hydrogen) atoms. The van der Waals surface area contributed by atoms with Crippen molar-refractivity contribution in [2.75, 3.05) is 6.61 Å². The summed E-state index contributed by atoms with van der Waals surface area (Å²) in [5, 5.41) is 0. The van der Waals surface area contributed by atoms with Gasteiger partial charge < -0.3 is 9.47 Å². The van der Waals surface area contributed by atoms with Gasteiger partial charge in [-0.1, -0.05) is 44.3 Å². The lowest BCUT2D eigenvalue weighted by molar-refractivity contribution is -0.185. The highest BCUT2D eigenvalue weighted by Crippen LogP contribution is 2.17. The van der Waals surface area contributed by atoms with Crippen LogP contribution in [0.2, 0.25) is 0 Å². The van der Waals surface area contributed by atoms with Crippen molar-refractivity contribution in [3.05, 3.63) is 12.2 Å². The maximum Gasteiger partial charge on any atom is 0.157 e. The van der Waals surface area contributed by atoms with Gasteiger partial charge in [0, 0.05) is 19.4 Å². The minimum atomic E-state index is 0.0513. The van der Waals surface area contributed by atoms with E-state index < -0.39 is 0 Å². The summed E-state index contributed by atoms with van der Waals surface area (Å²) < 4.78 is 11.5. The summed E-state index contributed by atoms with van der Waals surface area (Å²) in [6, 6.07) is 0. The molecule has 126 valence electrons. The highest BCUT2D eigenvalue weighted by Gasteiger charge is 2.16. The molecule has 0 N–H and O–H groups in total. The molecule has 0 aromatic rings. The third-order valence-corrected chi connectivity index (χ3v) is 3.90. The average Bonchev–Trinajstić information content (AvgIpc) is 2.53. The molecule has 1 aliphatic rings. The minimum absolute atomic E-state index is 0.0513. The van der Waals surface area contributed by atoms with E-state index in [1.165, 1.54) is 44.9 Å². The van der Waals surface area contributed by atoms with Gasteiger partial charge in [-0.2, -0.15) is 0 Å². The predicted molar refractivity (Wildman–Crippen MR) is 93.7 cm³/mol. The molecule has 2 nitrogen and oxygen atoms in total. The van der Waals surface area contributed by atoms with Crippen molar-refractivity contribution < 1.29 is 9.47 Å². The number of unbranched alkanes of at least 4 members (excludes halogenated alkanes) is 4. The van der Waals surface area contributed by atoms with Crippen molar-refractivity contribution in [2.24, 2.45) is 0 Å². The summed E-state index contributed by atoms with van der Waals surface area (Å²) >= 11 is 0. The lowest BCUT2D eigenvalue weighted by atomic mass is 10.1. The number of hydrogen-bond donors (Lipinski definition) is 0. The van der Waals surface area contributed by atoms with Crippen LogP contribution in [0.4, 0.5) is 0 Å². The van der Waals surface area contributed by atoms with Crippen molar-refractivity contribution in [1.82, 2.24) is 0 Å². The topological polar surface area (TPSA) is 18.5 Å². The van der Waals surface area contributed by atoms with Gasteiger partial charge in [0.2, 0.25) is 0 Å². The van der Waals surface area contributed by atoms with E-state index in [2.05, 4.69) is 37.8 Å². The van der Waals surface area contributed by atoms with Crippen molar-refractivity contribution in [3.8, 4) is 11.8 Å². The molecule has 0 aromatic carbocycles. The summed E-state index contributed by atoms with van der Waals surface area (Å²) in [6.45, 7) is 5.23. The molecule has 0 bridgehead atoms. The lowest BCUT2D eigenvalue weighted by Gasteiger charge is -2.26. The van der Waals surface area contributed by atoms with Crippen LogP contribution in [0.1, 0.15) is 84.5 Å². The van der Waals surface area contributed by atoms with Gasteiger partial charge >= 0.3 is 0 Å². The van der Waals surface area contributed by atoms with Crippen LogP contribution in [0, 0.1) is 11.8 Å². The van der Waals surface area contributed by atoms with Crippen LogP contribution in [0.5, 0.6) is 0 Å².